The largest absolute Gasteiger partial charge is 0.497 e. The van der Waals surface area contributed by atoms with E-state index in [4.69, 9.17) is 15.2 Å². The molecule has 0 heterocycles. The summed E-state index contributed by atoms with van der Waals surface area (Å²) in [5, 5.41) is 10.8. The van der Waals surface area contributed by atoms with Crippen LogP contribution in [0.1, 0.15) is 31.2 Å². The fourth-order valence-corrected chi connectivity index (χ4v) is 2.72. The highest BCUT2D eigenvalue weighted by molar-refractivity contribution is 5.44. The van der Waals surface area contributed by atoms with E-state index in [0.29, 0.717) is 12.2 Å². The maximum atomic E-state index is 10.8. The maximum absolute atomic E-state index is 10.8. The van der Waals surface area contributed by atoms with Crippen molar-refractivity contribution in [1.82, 2.24) is 0 Å². The van der Waals surface area contributed by atoms with Gasteiger partial charge in [0.15, 0.2) is 0 Å². The topological polar surface area (TPSA) is 64.7 Å². The van der Waals surface area contributed by atoms with Gasteiger partial charge in [0.1, 0.15) is 11.5 Å². The van der Waals surface area contributed by atoms with Crippen molar-refractivity contribution >= 4 is 0 Å². The Morgan fingerprint density at radius 2 is 2.11 bits per heavy atom. The van der Waals surface area contributed by atoms with Crippen LogP contribution in [0.2, 0.25) is 0 Å². The molecule has 1 saturated carbocycles. The van der Waals surface area contributed by atoms with Crippen LogP contribution in [0.25, 0.3) is 0 Å². The fourth-order valence-electron chi connectivity index (χ4n) is 2.72. The maximum Gasteiger partial charge on any atom is 0.128 e. The molecule has 2 atom stereocenters. The predicted molar refractivity (Wildman–Crippen MR) is 69.9 cm³/mol. The Morgan fingerprint density at radius 1 is 1.33 bits per heavy atom. The molecule has 0 aliphatic heterocycles. The van der Waals surface area contributed by atoms with Gasteiger partial charge in [0, 0.05) is 17.7 Å². The lowest BCUT2D eigenvalue weighted by atomic mass is 9.77. The first kappa shape index (κ1) is 13.2. The highest BCUT2D eigenvalue weighted by Gasteiger charge is 2.36. The minimum absolute atomic E-state index is 0.0514. The summed E-state index contributed by atoms with van der Waals surface area (Å²) >= 11 is 0. The van der Waals surface area contributed by atoms with Crippen molar-refractivity contribution in [3.63, 3.8) is 0 Å². The van der Waals surface area contributed by atoms with Gasteiger partial charge in [0.2, 0.25) is 0 Å². The van der Waals surface area contributed by atoms with Crippen LogP contribution in [0.3, 0.4) is 0 Å². The van der Waals surface area contributed by atoms with Crippen LogP contribution in [0, 0.1) is 0 Å². The zero-order valence-corrected chi connectivity index (χ0v) is 11.0. The summed E-state index contributed by atoms with van der Waals surface area (Å²) < 4.78 is 10.5. The molecule has 1 aliphatic carbocycles. The number of benzene rings is 1. The number of ether oxygens (including phenoxy) is 2. The molecule has 4 heteroatoms. The highest BCUT2D eigenvalue weighted by atomic mass is 16.5. The van der Waals surface area contributed by atoms with Crippen molar-refractivity contribution in [3.8, 4) is 11.5 Å². The SMILES string of the molecule is COc1ccc(C2(O)CCCC(N)C2)c(OC)c1. The first-order valence-electron chi connectivity index (χ1n) is 6.29. The van der Waals surface area contributed by atoms with Crippen LogP contribution in [0.5, 0.6) is 11.5 Å². The van der Waals surface area contributed by atoms with Crippen LogP contribution < -0.4 is 15.2 Å². The van der Waals surface area contributed by atoms with Gasteiger partial charge < -0.3 is 20.3 Å². The van der Waals surface area contributed by atoms with Gasteiger partial charge in [-0.3, -0.25) is 0 Å². The zero-order valence-electron chi connectivity index (χ0n) is 11.0. The summed E-state index contributed by atoms with van der Waals surface area (Å²) in [5.74, 6) is 1.38. The minimum atomic E-state index is -0.880. The van der Waals surface area contributed by atoms with Crippen molar-refractivity contribution in [2.75, 3.05) is 14.2 Å². The van der Waals surface area contributed by atoms with Gasteiger partial charge in [-0.25, -0.2) is 0 Å². The summed E-state index contributed by atoms with van der Waals surface area (Å²) in [6, 6.07) is 5.56. The van der Waals surface area contributed by atoms with Gasteiger partial charge >= 0.3 is 0 Å². The Kier molecular flexibility index (Phi) is 3.78. The minimum Gasteiger partial charge on any atom is -0.497 e. The molecule has 0 bridgehead atoms. The Bertz CT molecular complexity index is 422. The quantitative estimate of drug-likeness (QED) is 0.859. The average molecular weight is 251 g/mol. The van der Waals surface area contributed by atoms with E-state index in [9.17, 15) is 5.11 Å². The molecule has 1 aliphatic rings. The van der Waals surface area contributed by atoms with Crippen molar-refractivity contribution < 1.29 is 14.6 Å². The van der Waals surface area contributed by atoms with Gasteiger partial charge in [-0.05, 0) is 37.8 Å². The monoisotopic (exact) mass is 251 g/mol. The van der Waals surface area contributed by atoms with Crippen LogP contribution in [0.15, 0.2) is 18.2 Å². The highest BCUT2D eigenvalue weighted by Crippen LogP contribution is 2.41. The predicted octanol–water partition coefficient (Wildman–Crippen LogP) is 1.79. The molecule has 0 spiro atoms. The summed E-state index contributed by atoms with van der Waals surface area (Å²) in [4.78, 5) is 0. The molecule has 2 rings (SSSR count). The third-order valence-corrected chi connectivity index (χ3v) is 3.68. The first-order chi connectivity index (χ1) is 8.59. The summed E-state index contributed by atoms with van der Waals surface area (Å²) in [7, 11) is 3.21. The lowest BCUT2D eigenvalue weighted by Gasteiger charge is -2.36. The Hall–Kier alpha value is -1.26. The van der Waals surface area contributed by atoms with E-state index in [1.807, 2.05) is 12.1 Å². The second-order valence-corrected chi connectivity index (χ2v) is 4.95. The molecular weight excluding hydrogens is 230 g/mol. The molecule has 0 saturated heterocycles. The number of rotatable bonds is 3. The molecule has 2 unspecified atom stereocenters. The van der Waals surface area contributed by atoms with Gasteiger partial charge in [-0.1, -0.05) is 0 Å². The van der Waals surface area contributed by atoms with E-state index >= 15 is 0 Å². The number of hydrogen-bond donors (Lipinski definition) is 2. The van der Waals surface area contributed by atoms with E-state index < -0.39 is 5.60 Å². The normalized spacial score (nSPS) is 27.9. The molecule has 0 radical (unpaired) electrons. The van der Waals surface area contributed by atoms with Crippen LogP contribution in [-0.4, -0.2) is 25.4 Å². The van der Waals surface area contributed by atoms with Gasteiger partial charge in [-0.15, -0.1) is 0 Å². The van der Waals surface area contributed by atoms with E-state index in [1.165, 1.54) is 0 Å². The van der Waals surface area contributed by atoms with Crippen molar-refractivity contribution in [2.24, 2.45) is 5.73 Å². The van der Waals surface area contributed by atoms with Crippen LogP contribution >= 0.6 is 0 Å². The lowest BCUT2D eigenvalue weighted by molar-refractivity contribution is -0.00904. The number of nitrogens with two attached hydrogens (primary N) is 1. The zero-order chi connectivity index (χ0) is 13.2. The molecule has 18 heavy (non-hydrogen) atoms. The molecule has 4 nitrogen and oxygen atoms in total. The number of aliphatic hydroxyl groups is 1. The smallest absolute Gasteiger partial charge is 0.128 e. The van der Waals surface area contributed by atoms with Crippen LogP contribution in [-0.2, 0) is 5.60 Å². The molecule has 1 aromatic carbocycles. The summed E-state index contributed by atoms with van der Waals surface area (Å²) in [5.41, 5.74) is 5.90. The van der Waals surface area contributed by atoms with Crippen molar-refractivity contribution in [2.45, 2.75) is 37.3 Å². The third-order valence-electron chi connectivity index (χ3n) is 3.68. The van der Waals surface area contributed by atoms with E-state index in [-0.39, 0.29) is 6.04 Å². The third kappa shape index (κ3) is 2.44. The van der Waals surface area contributed by atoms with E-state index in [1.54, 1.807) is 20.3 Å². The molecule has 0 aromatic heterocycles. The van der Waals surface area contributed by atoms with Gasteiger partial charge in [-0.2, -0.15) is 0 Å². The number of methoxy groups -OCH3 is 2. The van der Waals surface area contributed by atoms with Gasteiger partial charge in [0.05, 0.1) is 19.8 Å². The fraction of sp³-hybridized carbons (Fsp3) is 0.571. The molecule has 0 amide bonds. The Labute approximate surface area is 108 Å². The van der Waals surface area contributed by atoms with Crippen molar-refractivity contribution in [1.29, 1.82) is 0 Å². The molecule has 1 fully saturated rings. The van der Waals surface area contributed by atoms with Crippen molar-refractivity contribution in [3.05, 3.63) is 23.8 Å². The Balaban J connectivity index is 2.36. The van der Waals surface area contributed by atoms with E-state index in [0.717, 1.165) is 30.6 Å². The first-order valence-corrected chi connectivity index (χ1v) is 6.29. The molecule has 3 N–H and O–H groups in total. The molecular formula is C14H21NO3. The molecule has 1 aromatic rings. The van der Waals surface area contributed by atoms with E-state index in [2.05, 4.69) is 0 Å². The summed E-state index contributed by atoms with van der Waals surface area (Å²) in [6.45, 7) is 0. The summed E-state index contributed by atoms with van der Waals surface area (Å²) in [6.07, 6.45) is 3.21. The number of hydrogen-bond acceptors (Lipinski definition) is 4. The van der Waals surface area contributed by atoms with Gasteiger partial charge in [0.25, 0.3) is 0 Å². The van der Waals surface area contributed by atoms with Crippen LogP contribution in [0.4, 0.5) is 0 Å². The second kappa shape index (κ2) is 5.16. The average Bonchev–Trinajstić information content (AvgIpc) is 2.37. The Morgan fingerprint density at radius 3 is 2.72 bits per heavy atom. The second-order valence-electron chi connectivity index (χ2n) is 4.95. The molecule has 100 valence electrons. The standard InChI is InChI=1S/C14H21NO3/c1-17-11-5-6-12(13(8-11)18-2)14(16)7-3-4-10(15)9-14/h5-6,8,10,16H,3-4,7,9,15H2,1-2H3. The lowest BCUT2D eigenvalue weighted by Crippen LogP contribution is -2.39.